The van der Waals surface area contributed by atoms with Gasteiger partial charge in [0.25, 0.3) is 0 Å². The summed E-state index contributed by atoms with van der Waals surface area (Å²) in [5.41, 5.74) is 7.12. The van der Waals surface area contributed by atoms with Crippen molar-refractivity contribution >= 4 is 28.7 Å². The maximum absolute atomic E-state index is 12.1. The van der Waals surface area contributed by atoms with Gasteiger partial charge in [-0.15, -0.1) is 0 Å². The van der Waals surface area contributed by atoms with E-state index in [1.54, 1.807) is 0 Å². The second kappa shape index (κ2) is 9.29. The number of fused-ring (bicyclic) bond motifs is 2. The molecule has 0 saturated heterocycles. The van der Waals surface area contributed by atoms with Crippen LogP contribution >= 0.6 is 0 Å². The van der Waals surface area contributed by atoms with Crippen molar-refractivity contribution in [3.63, 3.8) is 0 Å². The first-order valence-electron chi connectivity index (χ1n) is 12.0. The lowest BCUT2D eigenvalue weighted by Gasteiger charge is -2.21. The smallest absolute Gasteiger partial charge is 0.337 e. The number of ether oxygens (including phenoxy) is 1. The molecule has 0 radical (unpaired) electrons. The van der Waals surface area contributed by atoms with E-state index >= 15 is 0 Å². The molecule has 0 saturated carbocycles. The van der Waals surface area contributed by atoms with E-state index in [0.717, 1.165) is 54.9 Å². The minimum atomic E-state index is -0.342. The van der Waals surface area contributed by atoms with Gasteiger partial charge in [-0.2, -0.15) is 5.10 Å². The Morgan fingerprint density at radius 2 is 2.00 bits per heavy atom. The summed E-state index contributed by atoms with van der Waals surface area (Å²) in [5, 5.41) is 4.89. The molecule has 1 unspecified atom stereocenters. The summed E-state index contributed by atoms with van der Waals surface area (Å²) in [7, 11) is 1.40. The fourth-order valence-electron chi connectivity index (χ4n) is 4.76. The van der Waals surface area contributed by atoms with Crippen molar-refractivity contribution in [2.24, 2.45) is 5.92 Å². The molecule has 5 rings (SSSR count). The van der Waals surface area contributed by atoms with Gasteiger partial charge in [0.1, 0.15) is 5.82 Å². The number of hydrogen-bond donors (Lipinski definition) is 0. The van der Waals surface area contributed by atoms with E-state index in [1.807, 2.05) is 28.9 Å². The average molecular weight is 455 g/mol. The normalized spacial score (nSPS) is 15.3. The van der Waals surface area contributed by atoms with Crippen molar-refractivity contribution in [2.45, 2.75) is 46.2 Å². The van der Waals surface area contributed by atoms with Crippen LogP contribution in [0.5, 0.6) is 0 Å². The number of benzene rings is 2. The topological polar surface area (TPSA) is 61.9 Å². The van der Waals surface area contributed by atoms with Gasteiger partial charge in [0.05, 0.1) is 35.9 Å². The standard InChI is InChI=1S/C28H30N4O2/c1-4-5-13-32-26-12-11-21(28(33)34-3)15-25(26)29-27(32)23-16-24-22(14-19(23)2)18-31(30-24)17-20-9-7-6-8-10-20/h6-12,15-16,18-19H,4-5,13-14,17H2,1-3H3. The van der Waals surface area contributed by atoms with Crippen LogP contribution in [0.2, 0.25) is 0 Å². The van der Waals surface area contributed by atoms with Crippen LogP contribution in [-0.4, -0.2) is 32.4 Å². The lowest BCUT2D eigenvalue weighted by Crippen LogP contribution is -2.13. The zero-order valence-electron chi connectivity index (χ0n) is 20.0. The van der Waals surface area contributed by atoms with Crippen molar-refractivity contribution < 1.29 is 9.53 Å². The van der Waals surface area contributed by atoms with Crippen LogP contribution in [-0.2, 0) is 24.2 Å². The number of nitrogens with zero attached hydrogens (tertiary/aromatic N) is 4. The molecule has 0 N–H and O–H groups in total. The van der Waals surface area contributed by atoms with E-state index in [-0.39, 0.29) is 5.97 Å². The Balaban J connectivity index is 1.55. The minimum absolute atomic E-state index is 0.319. The fraction of sp³-hybridized carbons (Fsp3) is 0.321. The Morgan fingerprint density at radius 3 is 2.76 bits per heavy atom. The largest absolute Gasteiger partial charge is 0.465 e. The van der Waals surface area contributed by atoms with E-state index in [4.69, 9.17) is 14.8 Å². The first-order valence-corrected chi connectivity index (χ1v) is 12.0. The Kier molecular flexibility index (Phi) is 6.05. The predicted molar refractivity (Wildman–Crippen MR) is 134 cm³/mol. The average Bonchev–Trinajstić information content (AvgIpc) is 3.41. The SMILES string of the molecule is CCCCn1c(C2=Cc3nn(Cc4ccccc4)cc3CC2C)nc2cc(C(=O)OC)ccc21. The third-order valence-electron chi connectivity index (χ3n) is 6.57. The molecule has 0 aliphatic heterocycles. The van der Waals surface area contributed by atoms with Gasteiger partial charge < -0.3 is 9.30 Å². The van der Waals surface area contributed by atoms with E-state index in [0.29, 0.717) is 11.5 Å². The number of esters is 1. The number of allylic oxidation sites excluding steroid dienone is 1. The lowest BCUT2D eigenvalue weighted by atomic mass is 9.87. The van der Waals surface area contributed by atoms with Crippen molar-refractivity contribution in [3.8, 4) is 0 Å². The summed E-state index contributed by atoms with van der Waals surface area (Å²) in [4.78, 5) is 17.1. The van der Waals surface area contributed by atoms with Crippen LogP contribution in [0.4, 0.5) is 0 Å². The van der Waals surface area contributed by atoms with E-state index in [1.165, 1.54) is 23.8 Å². The monoisotopic (exact) mass is 454 g/mol. The van der Waals surface area contributed by atoms with Crippen LogP contribution in [0.15, 0.2) is 54.7 Å². The van der Waals surface area contributed by atoms with Gasteiger partial charge in [0.15, 0.2) is 0 Å². The molecule has 174 valence electrons. The molecule has 0 fully saturated rings. The fourth-order valence-corrected chi connectivity index (χ4v) is 4.76. The number of hydrogen-bond acceptors (Lipinski definition) is 4. The van der Waals surface area contributed by atoms with Gasteiger partial charge in [-0.05, 0) is 54.2 Å². The highest BCUT2D eigenvalue weighted by atomic mass is 16.5. The summed E-state index contributed by atoms with van der Waals surface area (Å²) in [6, 6.07) is 16.1. The molecule has 1 aliphatic carbocycles. The molecule has 0 spiro atoms. The summed E-state index contributed by atoms with van der Waals surface area (Å²) in [5.74, 6) is 0.950. The molecule has 1 aliphatic rings. The minimum Gasteiger partial charge on any atom is -0.465 e. The molecule has 2 aromatic carbocycles. The van der Waals surface area contributed by atoms with Crippen molar-refractivity contribution in [1.82, 2.24) is 19.3 Å². The van der Waals surface area contributed by atoms with Crippen molar-refractivity contribution in [2.75, 3.05) is 7.11 Å². The van der Waals surface area contributed by atoms with E-state index in [2.05, 4.69) is 55.0 Å². The quantitative estimate of drug-likeness (QED) is 0.341. The highest BCUT2D eigenvalue weighted by Gasteiger charge is 2.26. The zero-order valence-corrected chi connectivity index (χ0v) is 20.0. The van der Waals surface area contributed by atoms with Gasteiger partial charge in [-0.1, -0.05) is 50.6 Å². The Bertz CT molecular complexity index is 1360. The number of imidazole rings is 1. The van der Waals surface area contributed by atoms with Crippen LogP contribution in [0, 0.1) is 5.92 Å². The molecule has 1 atom stereocenters. The van der Waals surface area contributed by atoms with E-state index in [9.17, 15) is 4.79 Å². The molecule has 2 heterocycles. The van der Waals surface area contributed by atoms with Gasteiger partial charge in [0.2, 0.25) is 0 Å². The maximum atomic E-state index is 12.1. The summed E-state index contributed by atoms with van der Waals surface area (Å²) < 4.78 is 9.25. The van der Waals surface area contributed by atoms with Crippen LogP contribution in [0.3, 0.4) is 0 Å². The highest BCUT2D eigenvalue weighted by Crippen LogP contribution is 2.35. The zero-order chi connectivity index (χ0) is 23.7. The number of methoxy groups -OCH3 is 1. The number of carbonyl (C=O) groups excluding carboxylic acids is 1. The van der Waals surface area contributed by atoms with Crippen LogP contribution in [0.1, 0.15) is 59.7 Å². The first-order chi connectivity index (χ1) is 16.6. The molecule has 0 amide bonds. The van der Waals surface area contributed by atoms with E-state index < -0.39 is 0 Å². The number of rotatable bonds is 7. The Hall–Kier alpha value is -3.67. The highest BCUT2D eigenvalue weighted by molar-refractivity contribution is 5.95. The summed E-state index contributed by atoms with van der Waals surface area (Å²) in [6.45, 7) is 6.10. The second-order valence-electron chi connectivity index (χ2n) is 9.06. The van der Waals surface area contributed by atoms with Gasteiger partial charge in [0, 0.05) is 18.3 Å². The molecular formula is C28H30N4O2. The van der Waals surface area contributed by atoms with Gasteiger partial charge in [-0.3, -0.25) is 4.68 Å². The van der Waals surface area contributed by atoms with Crippen molar-refractivity contribution in [1.29, 1.82) is 0 Å². The summed E-state index contributed by atoms with van der Waals surface area (Å²) >= 11 is 0. The number of aryl methyl sites for hydroxylation is 1. The maximum Gasteiger partial charge on any atom is 0.337 e. The summed E-state index contributed by atoms with van der Waals surface area (Å²) in [6.07, 6.45) is 7.48. The number of aromatic nitrogens is 4. The molecule has 6 heteroatoms. The molecule has 6 nitrogen and oxygen atoms in total. The Morgan fingerprint density at radius 1 is 1.18 bits per heavy atom. The van der Waals surface area contributed by atoms with Gasteiger partial charge >= 0.3 is 5.97 Å². The molecule has 34 heavy (non-hydrogen) atoms. The molecule has 0 bridgehead atoms. The third kappa shape index (κ3) is 4.16. The molecular weight excluding hydrogens is 424 g/mol. The molecule has 4 aromatic rings. The van der Waals surface area contributed by atoms with Crippen LogP contribution in [0.25, 0.3) is 22.7 Å². The molecule has 2 aromatic heterocycles. The van der Waals surface area contributed by atoms with Crippen molar-refractivity contribution in [3.05, 3.63) is 82.9 Å². The Labute approximate surface area is 199 Å². The number of unbranched alkanes of at least 4 members (excludes halogenated alkanes) is 1. The van der Waals surface area contributed by atoms with Crippen LogP contribution < -0.4 is 0 Å². The predicted octanol–water partition coefficient (Wildman–Crippen LogP) is 5.60. The second-order valence-corrected chi connectivity index (χ2v) is 9.06. The van der Waals surface area contributed by atoms with Gasteiger partial charge in [-0.25, -0.2) is 9.78 Å². The number of carbonyl (C=O) groups is 1. The first kappa shape index (κ1) is 22.1. The lowest BCUT2D eigenvalue weighted by molar-refractivity contribution is 0.0601. The third-order valence-corrected chi connectivity index (χ3v) is 6.57.